The summed E-state index contributed by atoms with van der Waals surface area (Å²) >= 11 is 0. The van der Waals surface area contributed by atoms with E-state index in [1.807, 2.05) is 49.3 Å². The van der Waals surface area contributed by atoms with Crippen LogP contribution in [0.5, 0.6) is 5.75 Å². The van der Waals surface area contributed by atoms with Crippen molar-refractivity contribution in [1.29, 1.82) is 0 Å². The van der Waals surface area contributed by atoms with Crippen LogP contribution in [0.3, 0.4) is 0 Å². The van der Waals surface area contributed by atoms with Crippen LogP contribution in [-0.2, 0) is 9.59 Å². The highest BCUT2D eigenvalue weighted by molar-refractivity contribution is 6.46. The lowest BCUT2D eigenvalue weighted by Crippen LogP contribution is -2.32. The van der Waals surface area contributed by atoms with Crippen molar-refractivity contribution in [3.63, 3.8) is 0 Å². The van der Waals surface area contributed by atoms with Gasteiger partial charge in [-0.3, -0.25) is 14.0 Å². The van der Waals surface area contributed by atoms with Crippen molar-refractivity contribution < 1.29 is 19.4 Å². The molecular formula is C27H30N4O4. The molecule has 4 rings (SSSR count). The maximum absolute atomic E-state index is 13.3. The smallest absolute Gasteiger partial charge is 0.295 e. The van der Waals surface area contributed by atoms with E-state index in [4.69, 9.17) is 4.74 Å². The number of likely N-dealkylation sites (tertiary alicyclic amines) is 1. The van der Waals surface area contributed by atoms with Crippen LogP contribution < -0.4 is 4.74 Å². The summed E-state index contributed by atoms with van der Waals surface area (Å²) in [6.45, 7) is 6.90. The molecule has 0 saturated carbocycles. The largest absolute Gasteiger partial charge is 0.505 e. The number of benzene rings is 1. The number of aromatic nitrogens is 2. The summed E-state index contributed by atoms with van der Waals surface area (Å²) < 4.78 is 7.42. The summed E-state index contributed by atoms with van der Waals surface area (Å²) in [6.07, 6.45) is 4.10. The van der Waals surface area contributed by atoms with Gasteiger partial charge in [0.05, 0.1) is 17.3 Å². The minimum Gasteiger partial charge on any atom is -0.505 e. The van der Waals surface area contributed by atoms with E-state index in [-0.39, 0.29) is 11.3 Å². The summed E-state index contributed by atoms with van der Waals surface area (Å²) in [4.78, 5) is 34.6. The van der Waals surface area contributed by atoms with Crippen molar-refractivity contribution in [1.82, 2.24) is 19.2 Å². The molecule has 1 N–H and O–H groups in total. The lowest BCUT2D eigenvalue weighted by Gasteiger charge is -2.26. The predicted octanol–water partition coefficient (Wildman–Crippen LogP) is 3.58. The van der Waals surface area contributed by atoms with Crippen LogP contribution in [0.4, 0.5) is 0 Å². The second kappa shape index (κ2) is 10.1. The number of rotatable bonds is 9. The Bertz CT molecular complexity index is 1310. The van der Waals surface area contributed by atoms with Gasteiger partial charge in [0.1, 0.15) is 23.7 Å². The summed E-state index contributed by atoms with van der Waals surface area (Å²) in [5.41, 5.74) is 2.34. The number of nitrogens with zero attached hydrogens (tertiary/aromatic N) is 4. The molecule has 1 unspecified atom stereocenters. The molecule has 0 spiro atoms. The van der Waals surface area contributed by atoms with Gasteiger partial charge in [-0.1, -0.05) is 30.9 Å². The predicted molar refractivity (Wildman–Crippen MR) is 134 cm³/mol. The molecule has 8 heteroatoms. The average Bonchev–Trinajstić information content (AvgIpc) is 3.30. The van der Waals surface area contributed by atoms with E-state index < -0.39 is 17.7 Å². The van der Waals surface area contributed by atoms with Crippen molar-refractivity contribution in [3.05, 3.63) is 83.8 Å². The highest BCUT2D eigenvalue weighted by atomic mass is 16.5. The first-order chi connectivity index (χ1) is 16.8. The first-order valence-electron chi connectivity index (χ1n) is 11.5. The number of fused-ring (bicyclic) bond motifs is 1. The zero-order valence-corrected chi connectivity index (χ0v) is 20.3. The van der Waals surface area contributed by atoms with Crippen LogP contribution in [0.25, 0.3) is 11.4 Å². The summed E-state index contributed by atoms with van der Waals surface area (Å²) in [7, 11) is 3.92. The summed E-state index contributed by atoms with van der Waals surface area (Å²) in [5.74, 6) is -0.983. The van der Waals surface area contributed by atoms with Gasteiger partial charge in [-0.25, -0.2) is 4.98 Å². The second-order valence-corrected chi connectivity index (χ2v) is 8.80. The summed E-state index contributed by atoms with van der Waals surface area (Å²) in [5, 5.41) is 11.5. The lowest BCUT2D eigenvalue weighted by molar-refractivity contribution is -0.139. The molecule has 3 aromatic rings. The van der Waals surface area contributed by atoms with Gasteiger partial charge in [-0.2, -0.15) is 0 Å². The minimum atomic E-state index is -0.752. The Balaban J connectivity index is 1.86. The zero-order valence-electron chi connectivity index (χ0n) is 20.3. The minimum absolute atomic E-state index is 0.0504. The molecular weight excluding hydrogens is 444 g/mol. The third-order valence-electron chi connectivity index (χ3n) is 6.01. The van der Waals surface area contributed by atoms with Gasteiger partial charge in [0, 0.05) is 12.7 Å². The molecule has 35 heavy (non-hydrogen) atoms. The number of ketones is 1. The number of aliphatic hydroxyl groups excluding tert-OH is 1. The Labute approximate surface area is 204 Å². The van der Waals surface area contributed by atoms with Crippen LogP contribution >= 0.6 is 0 Å². The number of imidazole rings is 1. The molecule has 2 aromatic heterocycles. The average molecular weight is 475 g/mol. The number of ether oxygens (including phenoxy) is 1. The Morgan fingerprint density at radius 1 is 1.23 bits per heavy atom. The van der Waals surface area contributed by atoms with Crippen molar-refractivity contribution >= 4 is 23.1 Å². The van der Waals surface area contributed by atoms with Crippen LogP contribution in [0.2, 0.25) is 0 Å². The zero-order chi connectivity index (χ0) is 25.1. The van der Waals surface area contributed by atoms with Crippen LogP contribution in [0.15, 0.2) is 66.9 Å². The molecule has 1 aromatic carbocycles. The van der Waals surface area contributed by atoms with E-state index in [1.165, 1.54) is 0 Å². The number of aryl methyl sites for hydroxylation is 1. The SMILES string of the molecule is C=CCOc1cccc(C2C(=C(O)c3c(C)nc4ccccn34)C(=O)C(=O)N2CCCN(C)C)c1. The highest BCUT2D eigenvalue weighted by Crippen LogP contribution is 2.40. The number of pyridine rings is 1. The normalized spacial score (nSPS) is 17.5. The van der Waals surface area contributed by atoms with E-state index >= 15 is 0 Å². The van der Waals surface area contributed by atoms with Gasteiger partial charge in [0.15, 0.2) is 5.76 Å². The number of hydrogen-bond donors (Lipinski definition) is 1. The van der Waals surface area contributed by atoms with E-state index in [0.717, 1.165) is 6.54 Å². The number of carbonyl (C=O) groups is 2. The van der Waals surface area contributed by atoms with Gasteiger partial charge < -0.3 is 19.6 Å². The molecule has 0 bridgehead atoms. The van der Waals surface area contributed by atoms with E-state index in [0.29, 0.717) is 47.9 Å². The van der Waals surface area contributed by atoms with Crippen molar-refractivity contribution in [2.24, 2.45) is 0 Å². The molecule has 0 aliphatic carbocycles. The Morgan fingerprint density at radius 2 is 2.03 bits per heavy atom. The van der Waals surface area contributed by atoms with Gasteiger partial charge in [-0.15, -0.1) is 0 Å². The fraction of sp³-hybridized carbons (Fsp3) is 0.296. The maximum atomic E-state index is 13.3. The lowest BCUT2D eigenvalue weighted by atomic mass is 9.96. The van der Waals surface area contributed by atoms with Crippen molar-refractivity contribution in [2.75, 3.05) is 33.8 Å². The third-order valence-corrected chi connectivity index (χ3v) is 6.01. The Kier molecular flexibility index (Phi) is 7.02. The van der Waals surface area contributed by atoms with Crippen LogP contribution in [0.1, 0.15) is 29.4 Å². The fourth-order valence-electron chi connectivity index (χ4n) is 4.47. The van der Waals surface area contributed by atoms with Crippen molar-refractivity contribution in [3.8, 4) is 5.75 Å². The molecule has 8 nitrogen and oxygen atoms in total. The van der Waals surface area contributed by atoms with E-state index in [1.54, 1.807) is 40.6 Å². The quantitative estimate of drug-likeness (QED) is 0.221. The molecule has 1 saturated heterocycles. The first-order valence-corrected chi connectivity index (χ1v) is 11.5. The summed E-state index contributed by atoms with van der Waals surface area (Å²) in [6, 6.07) is 12.0. The van der Waals surface area contributed by atoms with Gasteiger partial charge >= 0.3 is 0 Å². The standard InChI is InChI=1S/C27H30N4O4/c1-5-16-35-20-11-8-10-19(17-20)24-22(26(33)27(34)31(24)15-9-13-29(3)4)25(32)23-18(2)28-21-12-6-7-14-30(21)23/h5-8,10-12,14,17,24,32H,1,9,13,15-16H2,2-4H3. The molecule has 0 radical (unpaired) electrons. The molecule has 182 valence electrons. The monoisotopic (exact) mass is 474 g/mol. The van der Waals surface area contributed by atoms with Gasteiger partial charge in [-0.05, 0) is 63.8 Å². The molecule has 3 heterocycles. The number of Topliss-reactive ketones (excluding diaryl/α,β-unsaturated/α-hetero) is 1. The maximum Gasteiger partial charge on any atom is 0.295 e. The fourth-order valence-corrected chi connectivity index (χ4v) is 4.47. The first kappa shape index (κ1) is 24.2. The molecule has 1 fully saturated rings. The third kappa shape index (κ3) is 4.70. The number of aliphatic hydroxyl groups is 1. The molecule has 1 aliphatic heterocycles. The Hall–Kier alpha value is -3.91. The number of amides is 1. The van der Waals surface area contributed by atoms with Crippen molar-refractivity contribution in [2.45, 2.75) is 19.4 Å². The van der Waals surface area contributed by atoms with Crippen LogP contribution in [0, 0.1) is 6.92 Å². The van der Waals surface area contributed by atoms with Gasteiger partial charge in [0.2, 0.25) is 0 Å². The highest BCUT2D eigenvalue weighted by Gasteiger charge is 2.46. The second-order valence-electron chi connectivity index (χ2n) is 8.80. The van der Waals surface area contributed by atoms with E-state index in [9.17, 15) is 14.7 Å². The van der Waals surface area contributed by atoms with Crippen LogP contribution in [-0.4, -0.2) is 69.8 Å². The number of hydrogen-bond acceptors (Lipinski definition) is 6. The Morgan fingerprint density at radius 3 is 2.77 bits per heavy atom. The molecule has 1 amide bonds. The number of carbonyl (C=O) groups excluding carboxylic acids is 2. The molecule has 1 aliphatic rings. The van der Waals surface area contributed by atoms with E-state index in [2.05, 4.69) is 11.6 Å². The van der Waals surface area contributed by atoms with Gasteiger partial charge in [0.25, 0.3) is 11.7 Å². The molecule has 1 atom stereocenters. The topological polar surface area (TPSA) is 87.4 Å².